The van der Waals surface area contributed by atoms with Gasteiger partial charge in [-0.25, -0.2) is 0 Å². The normalized spacial score (nSPS) is 9.38. The van der Waals surface area contributed by atoms with Crippen molar-refractivity contribution >= 4 is 17.4 Å². The second-order valence-corrected chi connectivity index (χ2v) is 3.19. The molecule has 0 spiro atoms. The third kappa shape index (κ3) is 1.71. The van der Waals surface area contributed by atoms with E-state index in [-0.39, 0.29) is 11.3 Å². The number of nitriles is 1. The zero-order valence-corrected chi connectivity index (χ0v) is 8.14. The predicted molar refractivity (Wildman–Crippen MR) is 50.9 cm³/mol. The molecule has 0 saturated heterocycles. The minimum Gasteiger partial charge on any atom is -0.294 e. The van der Waals surface area contributed by atoms with Gasteiger partial charge in [0.1, 0.15) is 6.07 Å². The van der Waals surface area contributed by atoms with E-state index >= 15 is 0 Å². The Hall–Kier alpha value is -1.33. The topological polar surface area (TPSA) is 40.9 Å². The van der Waals surface area contributed by atoms with Crippen LogP contribution < -0.4 is 0 Å². The monoisotopic (exact) mass is 193 g/mol. The largest absolute Gasteiger partial charge is 0.294 e. The number of hydrogen-bond acceptors (Lipinski definition) is 2. The second kappa shape index (κ2) is 3.59. The molecule has 1 aromatic carbocycles. The lowest BCUT2D eigenvalue weighted by Crippen LogP contribution is -2.00. The van der Waals surface area contributed by atoms with E-state index < -0.39 is 0 Å². The highest BCUT2D eigenvalue weighted by Gasteiger charge is 2.12. The maximum atomic E-state index is 11.2. The summed E-state index contributed by atoms with van der Waals surface area (Å²) in [5.41, 5.74) is 1.48. The van der Waals surface area contributed by atoms with E-state index in [0.29, 0.717) is 10.6 Å². The molecule has 0 bridgehead atoms. The molecule has 2 nitrogen and oxygen atoms in total. The lowest BCUT2D eigenvalue weighted by Gasteiger charge is -2.04. The van der Waals surface area contributed by atoms with Gasteiger partial charge in [0.05, 0.1) is 10.6 Å². The summed E-state index contributed by atoms with van der Waals surface area (Å²) in [7, 11) is 0. The third-order valence-electron chi connectivity index (χ3n) is 1.83. The van der Waals surface area contributed by atoms with Gasteiger partial charge in [0.2, 0.25) is 0 Å². The minimum absolute atomic E-state index is 0.128. The van der Waals surface area contributed by atoms with E-state index in [4.69, 9.17) is 16.9 Å². The van der Waals surface area contributed by atoms with Crippen LogP contribution in [0.3, 0.4) is 0 Å². The maximum Gasteiger partial charge on any atom is 0.161 e. The van der Waals surface area contributed by atoms with Gasteiger partial charge in [0.15, 0.2) is 5.78 Å². The van der Waals surface area contributed by atoms with Gasteiger partial charge in [-0.2, -0.15) is 5.26 Å². The predicted octanol–water partition coefficient (Wildman–Crippen LogP) is 2.72. The van der Waals surface area contributed by atoms with Gasteiger partial charge < -0.3 is 0 Å². The van der Waals surface area contributed by atoms with E-state index in [1.165, 1.54) is 6.92 Å². The van der Waals surface area contributed by atoms with Crippen molar-refractivity contribution < 1.29 is 4.79 Å². The van der Waals surface area contributed by atoms with Crippen molar-refractivity contribution in [3.05, 3.63) is 33.8 Å². The molecule has 0 aromatic heterocycles. The summed E-state index contributed by atoms with van der Waals surface area (Å²) in [6.07, 6.45) is 0. The number of Topliss-reactive ketones (excluding diaryl/α,β-unsaturated/α-hetero) is 1. The highest BCUT2D eigenvalue weighted by Crippen LogP contribution is 2.22. The van der Waals surface area contributed by atoms with Gasteiger partial charge in [-0.3, -0.25) is 4.79 Å². The van der Waals surface area contributed by atoms with Crippen molar-refractivity contribution in [2.24, 2.45) is 0 Å². The molecule has 0 amide bonds. The first-order chi connectivity index (χ1) is 6.07. The molecule has 0 atom stereocenters. The summed E-state index contributed by atoms with van der Waals surface area (Å²) in [5, 5.41) is 9.12. The molecule has 3 heteroatoms. The van der Waals surface area contributed by atoms with Crippen molar-refractivity contribution in [1.29, 1.82) is 5.26 Å². The van der Waals surface area contributed by atoms with Crippen LogP contribution in [-0.4, -0.2) is 5.78 Å². The molecule has 66 valence electrons. The molecule has 1 rings (SSSR count). The molecule has 0 fully saturated rings. The first-order valence-corrected chi connectivity index (χ1v) is 4.16. The van der Waals surface area contributed by atoms with Gasteiger partial charge in [-0.1, -0.05) is 17.7 Å². The fourth-order valence-corrected chi connectivity index (χ4v) is 1.44. The van der Waals surface area contributed by atoms with Crippen LogP contribution in [0.4, 0.5) is 0 Å². The Labute approximate surface area is 81.7 Å². The Bertz CT molecular complexity index is 404. The van der Waals surface area contributed by atoms with Crippen LogP contribution in [-0.2, 0) is 0 Å². The fraction of sp³-hybridized carbons (Fsp3) is 0.200. The number of halogens is 1. The van der Waals surface area contributed by atoms with E-state index in [9.17, 15) is 4.79 Å². The number of hydrogen-bond donors (Lipinski definition) is 0. The molecule has 13 heavy (non-hydrogen) atoms. The molecular weight excluding hydrogens is 186 g/mol. The molecule has 0 heterocycles. The Morgan fingerprint density at radius 3 is 2.54 bits per heavy atom. The third-order valence-corrected chi connectivity index (χ3v) is 2.14. The summed E-state index contributed by atoms with van der Waals surface area (Å²) < 4.78 is 0. The van der Waals surface area contributed by atoms with Crippen molar-refractivity contribution in [1.82, 2.24) is 0 Å². The quantitative estimate of drug-likeness (QED) is 0.644. The van der Waals surface area contributed by atoms with Gasteiger partial charge in [0.25, 0.3) is 0 Å². The standard InChI is InChI=1S/C10H8ClNO/c1-6-3-4-9(11)8(5-12)10(6)7(2)13/h3-4H,1-2H3. The fourth-order valence-electron chi connectivity index (χ4n) is 1.24. The zero-order valence-electron chi connectivity index (χ0n) is 7.39. The average Bonchev–Trinajstić information content (AvgIpc) is 2.07. The number of rotatable bonds is 1. The Morgan fingerprint density at radius 2 is 2.15 bits per heavy atom. The van der Waals surface area contributed by atoms with Gasteiger partial charge in [-0.05, 0) is 25.5 Å². The Morgan fingerprint density at radius 1 is 1.54 bits per heavy atom. The number of carbonyl (C=O) groups excluding carboxylic acids is 1. The molecule has 1 aromatic rings. The van der Waals surface area contributed by atoms with E-state index in [0.717, 1.165) is 5.56 Å². The summed E-state index contributed by atoms with van der Waals surface area (Å²) in [6.45, 7) is 3.22. The molecule has 0 N–H and O–H groups in total. The van der Waals surface area contributed by atoms with Crippen molar-refractivity contribution in [3.63, 3.8) is 0 Å². The first kappa shape index (κ1) is 9.76. The molecular formula is C10H8ClNO. The van der Waals surface area contributed by atoms with Gasteiger partial charge in [0, 0.05) is 5.56 Å². The van der Waals surface area contributed by atoms with Crippen LogP contribution in [0, 0.1) is 18.3 Å². The highest BCUT2D eigenvalue weighted by molar-refractivity contribution is 6.32. The van der Waals surface area contributed by atoms with Crippen LogP contribution in [0.2, 0.25) is 5.02 Å². The second-order valence-electron chi connectivity index (χ2n) is 2.78. The van der Waals surface area contributed by atoms with Crippen molar-refractivity contribution in [2.45, 2.75) is 13.8 Å². The molecule has 0 aliphatic heterocycles. The van der Waals surface area contributed by atoms with Gasteiger partial charge >= 0.3 is 0 Å². The van der Waals surface area contributed by atoms with Crippen LogP contribution >= 0.6 is 11.6 Å². The van der Waals surface area contributed by atoms with E-state index in [2.05, 4.69) is 0 Å². The first-order valence-electron chi connectivity index (χ1n) is 3.78. The smallest absolute Gasteiger partial charge is 0.161 e. The number of carbonyl (C=O) groups is 1. The van der Waals surface area contributed by atoms with Gasteiger partial charge in [-0.15, -0.1) is 0 Å². The number of nitrogens with zero attached hydrogens (tertiary/aromatic N) is 1. The molecule has 0 unspecified atom stereocenters. The molecule has 0 aliphatic rings. The van der Waals surface area contributed by atoms with Crippen LogP contribution in [0.15, 0.2) is 12.1 Å². The van der Waals surface area contributed by atoms with Crippen LogP contribution in [0.25, 0.3) is 0 Å². The lowest BCUT2D eigenvalue weighted by molar-refractivity contribution is 0.101. The average molecular weight is 194 g/mol. The minimum atomic E-state index is -0.128. The van der Waals surface area contributed by atoms with Crippen molar-refractivity contribution in [2.75, 3.05) is 0 Å². The molecule has 0 saturated carbocycles. The lowest BCUT2D eigenvalue weighted by atomic mass is 10.00. The molecule has 0 radical (unpaired) electrons. The van der Waals surface area contributed by atoms with Crippen LogP contribution in [0.5, 0.6) is 0 Å². The molecule has 0 aliphatic carbocycles. The zero-order chi connectivity index (χ0) is 10.0. The van der Waals surface area contributed by atoms with Crippen molar-refractivity contribution in [3.8, 4) is 6.07 Å². The summed E-state index contributed by atoms with van der Waals surface area (Å²) in [6, 6.07) is 5.30. The van der Waals surface area contributed by atoms with E-state index in [1.54, 1.807) is 19.1 Å². The number of ketones is 1. The Balaban J connectivity index is 3.55. The maximum absolute atomic E-state index is 11.2. The summed E-state index contributed by atoms with van der Waals surface area (Å²) >= 11 is 5.77. The number of benzene rings is 1. The Kier molecular flexibility index (Phi) is 2.69. The number of aryl methyl sites for hydroxylation is 1. The van der Waals surface area contributed by atoms with E-state index in [1.807, 2.05) is 6.07 Å². The van der Waals surface area contributed by atoms with Crippen LogP contribution in [0.1, 0.15) is 28.4 Å². The summed E-state index contributed by atoms with van der Waals surface area (Å²) in [5.74, 6) is -0.128. The highest BCUT2D eigenvalue weighted by atomic mass is 35.5. The summed E-state index contributed by atoms with van der Waals surface area (Å²) in [4.78, 5) is 11.2. The SMILES string of the molecule is CC(=O)c1c(C)ccc(Cl)c1C#N.